The van der Waals surface area contributed by atoms with Crippen molar-refractivity contribution in [2.75, 3.05) is 10.6 Å². The number of aromatic nitrogens is 6. The lowest BCUT2D eigenvalue weighted by Crippen LogP contribution is -2.21. The van der Waals surface area contributed by atoms with Gasteiger partial charge in [0.15, 0.2) is 12.4 Å². The molecule has 11 nitrogen and oxygen atoms in total. The molecule has 0 aliphatic heterocycles. The molecule has 2 N–H and O–H groups in total. The molecule has 0 saturated heterocycles. The summed E-state index contributed by atoms with van der Waals surface area (Å²) in [5.74, 6) is -0.154. The largest absolute Gasteiger partial charge is 0.471 e. The van der Waals surface area contributed by atoms with Crippen LogP contribution >= 0.6 is 0 Å². The maximum atomic E-state index is 13.1. The molecule has 37 heavy (non-hydrogen) atoms. The lowest BCUT2D eigenvalue weighted by atomic mass is 9.87. The summed E-state index contributed by atoms with van der Waals surface area (Å²) in [5, 5.41) is 18.3. The molecule has 0 spiro atoms. The molecule has 3 aromatic heterocycles. The lowest BCUT2D eigenvalue weighted by Gasteiger charge is -2.19. The minimum atomic E-state index is -0.462. The molecule has 3 heterocycles. The molecule has 0 saturated carbocycles. The molecule has 0 aliphatic rings. The van der Waals surface area contributed by atoms with Crippen LogP contribution in [0, 0.1) is 6.92 Å². The van der Waals surface area contributed by atoms with Gasteiger partial charge in [0.2, 0.25) is 0 Å². The van der Waals surface area contributed by atoms with Gasteiger partial charge in [0.1, 0.15) is 11.4 Å². The Hall–Kier alpha value is -4.41. The summed E-state index contributed by atoms with van der Waals surface area (Å²) in [6.45, 7) is 10.8. The Morgan fingerprint density at radius 3 is 2.27 bits per heavy atom. The standard InChI is InChI=1S/C26H32N8O3/c1-7-34-23(25(36)29-21-14-27-32(6)17(21)2)22(15-28-34)30-24(35)20-12-13-33(31-20)16-37-19-10-8-18(9-11-19)26(3,4)5/h8-15H,7,16H2,1-6H3,(H,29,36)(H,30,35). The Balaban J connectivity index is 1.42. The zero-order valence-corrected chi connectivity index (χ0v) is 21.9. The average Bonchev–Trinajstić information content (AvgIpc) is 3.58. The van der Waals surface area contributed by atoms with Crippen LogP contribution in [0.3, 0.4) is 0 Å². The fraction of sp³-hybridized carbons (Fsp3) is 0.346. The summed E-state index contributed by atoms with van der Waals surface area (Å²) in [5.41, 5.74) is 3.38. The number of aryl methyl sites for hydroxylation is 2. The van der Waals surface area contributed by atoms with Crippen LogP contribution in [0.4, 0.5) is 11.4 Å². The van der Waals surface area contributed by atoms with E-state index in [2.05, 4.69) is 46.7 Å². The molecular formula is C26H32N8O3. The fourth-order valence-corrected chi connectivity index (χ4v) is 3.69. The van der Waals surface area contributed by atoms with Crippen molar-refractivity contribution >= 4 is 23.2 Å². The van der Waals surface area contributed by atoms with Gasteiger partial charge in [0.05, 0.1) is 29.5 Å². The predicted molar refractivity (Wildman–Crippen MR) is 140 cm³/mol. The first-order valence-electron chi connectivity index (χ1n) is 12.0. The van der Waals surface area contributed by atoms with Crippen LogP contribution in [-0.2, 0) is 25.7 Å². The number of carbonyl (C=O) groups is 2. The second-order valence-electron chi connectivity index (χ2n) is 9.69. The van der Waals surface area contributed by atoms with Gasteiger partial charge in [-0.15, -0.1) is 0 Å². The van der Waals surface area contributed by atoms with Crippen molar-refractivity contribution in [1.82, 2.24) is 29.3 Å². The van der Waals surface area contributed by atoms with Crippen molar-refractivity contribution in [3.8, 4) is 5.75 Å². The summed E-state index contributed by atoms with van der Waals surface area (Å²) >= 11 is 0. The zero-order chi connectivity index (χ0) is 26.7. The van der Waals surface area contributed by atoms with Crippen molar-refractivity contribution in [3.63, 3.8) is 0 Å². The summed E-state index contributed by atoms with van der Waals surface area (Å²) in [7, 11) is 1.79. The number of rotatable bonds is 8. The highest BCUT2D eigenvalue weighted by Crippen LogP contribution is 2.24. The quantitative estimate of drug-likeness (QED) is 0.374. The second kappa shape index (κ2) is 10.3. The summed E-state index contributed by atoms with van der Waals surface area (Å²) < 4.78 is 10.5. The number of nitrogens with one attached hydrogen (secondary N) is 2. The predicted octanol–water partition coefficient (Wildman–Crippen LogP) is 3.98. The zero-order valence-electron chi connectivity index (χ0n) is 21.9. The number of hydrogen-bond acceptors (Lipinski definition) is 6. The first-order chi connectivity index (χ1) is 17.6. The summed E-state index contributed by atoms with van der Waals surface area (Å²) in [4.78, 5) is 26.0. The molecule has 0 unspecified atom stereocenters. The van der Waals surface area contributed by atoms with Crippen LogP contribution < -0.4 is 15.4 Å². The monoisotopic (exact) mass is 504 g/mol. The maximum absolute atomic E-state index is 13.1. The number of hydrogen-bond donors (Lipinski definition) is 2. The van der Waals surface area contributed by atoms with E-state index < -0.39 is 11.8 Å². The fourth-order valence-electron chi connectivity index (χ4n) is 3.69. The third kappa shape index (κ3) is 5.71. The van der Waals surface area contributed by atoms with Crippen molar-refractivity contribution in [2.45, 2.75) is 53.3 Å². The molecule has 0 fully saturated rings. The van der Waals surface area contributed by atoms with E-state index >= 15 is 0 Å². The van der Waals surface area contributed by atoms with Crippen LogP contribution in [0.5, 0.6) is 5.75 Å². The maximum Gasteiger partial charge on any atom is 0.276 e. The minimum absolute atomic E-state index is 0.0641. The van der Waals surface area contributed by atoms with Crippen LogP contribution in [-0.4, -0.2) is 41.2 Å². The van der Waals surface area contributed by atoms with Gasteiger partial charge >= 0.3 is 0 Å². The van der Waals surface area contributed by atoms with Crippen LogP contribution in [0.1, 0.15) is 59.9 Å². The smallest absolute Gasteiger partial charge is 0.276 e. The van der Waals surface area contributed by atoms with Crippen LogP contribution in [0.2, 0.25) is 0 Å². The summed E-state index contributed by atoms with van der Waals surface area (Å²) in [6.07, 6.45) is 4.69. The number of anilines is 2. The third-order valence-electron chi connectivity index (χ3n) is 6.04. The molecule has 0 atom stereocenters. The molecule has 4 rings (SSSR count). The first-order valence-corrected chi connectivity index (χ1v) is 12.0. The number of nitrogens with zero attached hydrogens (tertiary/aromatic N) is 6. The minimum Gasteiger partial charge on any atom is -0.471 e. The highest BCUT2D eigenvalue weighted by Gasteiger charge is 2.22. The van der Waals surface area contributed by atoms with Crippen molar-refractivity contribution < 1.29 is 14.3 Å². The molecule has 194 valence electrons. The Kier molecular flexibility index (Phi) is 7.14. The van der Waals surface area contributed by atoms with Gasteiger partial charge in [-0.3, -0.25) is 19.0 Å². The Morgan fingerprint density at radius 2 is 1.65 bits per heavy atom. The Labute approximate surface area is 215 Å². The number of amides is 2. The second-order valence-corrected chi connectivity index (χ2v) is 9.69. The SMILES string of the molecule is CCn1ncc(NC(=O)c2ccn(COc3ccc(C(C)(C)C)cc3)n2)c1C(=O)Nc1cnn(C)c1C. The average molecular weight is 505 g/mol. The lowest BCUT2D eigenvalue weighted by molar-refractivity contribution is 0.101. The molecule has 1 aromatic carbocycles. The Bertz CT molecular complexity index is 1410. The van der Waals surface area contributed by atoms with E-state index in [4.69, 9.17) is 4.74 Å². The van der Waals surface area contributed by atoms with E-state index in [1.165, 1.54) is 21.1 Å². The van der Waals surface area contributed by atoms with Crippen molar-refractivity contribution in [3.05, 3.63) is 71.6 Å². The molecule has 0 aliphatic carbocycles. The molecule has 2 amide bonds. The van der Waals surface area contributed by atoms with Crippen molar-refractivity contribution in [1.29, 1.82) is 0 Å². The molecule has 0 bridgehead atoms. The van der Waals surface area contributed by atoms with Gasteiger partial charge in [-0.25, -0.2) is 4.68 Å². The van der Waals surface area contributed by atoms with E-state index in [-0.39, 0.29) is 29.2 Å². The van der Waals surface area contributed by atoms with Gasteiger partial charge in [-0.05, 0) is 43.0 Å². The molecule has 0 radical (unpaired) electrons. The van der Waals surface area contributed by atoms with Gasteiger partial charge in [0, 0.05) is 19.8 Å². The van der Waals surface area contributed by atoms with E-state index in [0.29, 0.717) is 18.0 Å². The van der Waals surface area contributed by atoms with E-state index in [9.17, 15) is 9.59 Å². The topological polar surface area (TPSA) is 121 Å². The van der Waals surface area contributed by atoms with E-state index in [1.54, 1.807) is 30.2 Å². The number of ether oxygens (including phenoxy) is 1. The normalized spacial score (nSPS) is 11.4. The Morgan fingerprint density at radius 1 is 0.973 bits per heavy atom. The van der Waals surface area contributed by atoms with Crippen LogP contribution in [0.25, 0.3) is 0 Å². The molecule has 4 aromatic rings. The van der Waals surface area contributed by atoms with Gasteiger partial charge in [-0.1, -0.05) is 32.9 Å². The van der Waals surface area contributed by atoms with Crippen molar-refractivity contribution in [2.24, 2.45) is 7.05 Å². The van der Waals surface area contributed by atoms with E-state index in [0.717, 1.165) is 5.69 Å². The number of carbonyl (C=O) groups excluding carboxylic acids is 2. The highest BCUT2D eigenvalue weighted by atomic mass is 16.5. The molecule has 11 heteroatoms. The first kappa shape index (κ1) is 25.7. The number of benzene rings is 1. The highest BCUT2D eigenvalue weighted by molar-refractivity contribution is 6.11. The summed E-state index contributed by atoms with van der Waals surface area (Å²) in [6, 6.07) is 9.50. The third-order valence-corrected chi connectivity index (χ3v) is 6.04. The van der Waals surface area contributed by atoms with Gasteiger partial charge in [-0.2, -0.15) is 15.3 Å². The van der Waals surface area contributed by atoms with Gasteiger partial charge < -0.3 is 15.4 Å². The molecular weight excluding hydrogens is 472 g/mol. The van der Waals surface area contributed by atoms with Crippen LogP contribution in [0.15, 0.2) is 48.9 Å². The van der Waals surface area contributed by atoms with Gasteiger partial charge in [0.25, 0.3) is 11.8 Å². The van der Waals surface area contributed by atoms with E-state index in [1.807, 2.05) is 38.1 Å².